The van der Waals surface area contributed by atoms with Crippen molar-refractivity contribution in [2.75, 3.05) is 14.2 Å². The number of methoxy groups -OCH3 is 2. The standard InChI is InChI=1S/C17H13FO4S/c1-20-11-7-14(21-2)17-13(19)9-16(22-15(17)8-11)23-12-5-3-4-10(18)6-12/h3-9H,1-2H3. The van der Waals surface area contributed by atoms with Crippen molar-refractivity contribution >= 4 is 22.7 Å². The zero-order chi connectivity index (χ0) is 16.4. The Bertz CT molecular complexity index is 920. The van der Waals surface area contributed by atoms with Gasteiger partial charge in [0.15, 0.2) is 10.5 Å². The van der Waals surface area contributed by atoms with Gasteiger partial charge in [-0.15, -0.1) is 0 Å². The SMILES string of the molecule is COc1cc(OC)c2c(=O)cc(Sc3cccc(F)c3)oc2c1. The number of fused-ring (bicyclic) bond motifs is 1. The molecule has 23 heavy (non-hydrogen) atoms. The zero-order valence-corrected chi connectivity index (χ0v) is 13.3. The first-order chi connectivity index (χ1) is 11.1. The highest BCUT2D eigenvalue weighted by atomic mass is 32.2. The van der Waals surface area contributed by atoms with E-state index in [-0.39, 0.29) is 11.2 Å². The maximum Gasteiger partial charge on any atom is 0.197 e. The molecular formula is C17H13FO4S. The molecule has 1 heterocycles. The lowest BCUT2D eigenvalue weighted by Gasteiger charge is -2.09. The highest BCUT2D eigenvalue weighted by molar-refractivity contribution is 7.99. The van der Waals surface area contributed by atoms with Crippen LogP contribution in [0.4, 0.5) is 4.39 Å². The molecule has 0 bridgehead atoms. The minimum absolute atomic E-state index is 0.232. The van der Waals surface area contributed by atoms with E-state index >= 15 is 0 Å². The quantitative estimate of drug-likeness (QED) is 0.720. The van der Waals surface area contributed by atoms with E-state index in [0.717, 1.165) is 0 Å². The molecular weight excluding hydrogens is 319 g/mol. The molecule has 0 fully saturated rings. The molecule has 6 heteroatoms. The van der Waals surface area contributed by atoms with Gasteiger partial charge in [0.2, 0.25) is 0 Å². The molecule has 2 aromatic carbocycles. The Kier molecular flexibility index (Phi) is 4.25. The molecule has 1 aromatic heterocycles. The van der Waals surface area contributed by atoms with E-state index in [2.05, 4.69) is 0 Å². The zero-order valence-electron chi connectivity index (χ0n) is 12.5. The molecule has 0 aliphatic carbocycles. The molecule has 0 atom stereocenters. The predicted octanol–water partition coefficient (Wildman–Crippen LogP) is 4.10. The largest absolute Gasteiger partial charge is 0.496 e. The van der Waals surface area contributed by atoms with Gasteiger partial charge in [-0.25, -0.2) is 4.39 Å². The second-order valence-electron chi connectivity index (χ2n) is 4.69. The van der Waals surface area contributed by atoms with Crippen LogP contribution in [0.15, 0.2) is 61.7 Å². The predicted molar refractivity (Wildman–Crippen MR) is 86.1 cm³/mol. The van der Waals surface area contributed by atoms with Crippen LogP contribution in [-0.2, 0) is 0 Å². The lowest BCUT2D eigenvalue weighted by Crippen LogP contribution is -2.03. The van der Waals surface area contributed by atoms with Crippen LogP contribution in [0.5, 0.6) is 11.5 Å². The first-order valence-electron chi connectivity index (χ1n) is 6.74. The van der Waals surface area contributed by atoms with Crippen molar-refractivity contribution in [1.29, 1.82) is 0 Å². The first-order valence-corrected chi connectivity index (χ1v) is 7.55. The summed E-state index contributed by atoms with van der Waals surface area (Å²) in [5.74, 6) is 0.558. The van der Waals surface area contributed by atoms with Crippen LogP contribution in [0.3, 0.4) is 0 Å². The van der Waals surface area contributed by atoms with Crippen LogP contribution >= 0.6 is 11.8 Å². The van der Waals surface area contributed by atoms with Crippen LogP contribution in [0.25, 0.3) is 11.0 Å². The van der Waals surface area contributed by atoms with Crippen molar-refractivity contribution in [2.24, 2.45) is 0 Å². The smallest absolute Gasteiger partial charge is 0.197 e. The van der Waals surface area contributed by atoms with Gasteiger partial charge in [-0.1, -0.05) is 17.8 Å². The molecule has 0 aliphatic heterocycles. The van der Waals surface area contributed by atoms with E-state index in [4.69, 9.17) is 13.9 Å². The number of rotatable bonds is 4. The summed E-state index contributed by atoms with van der Waals surface area (Å²) in [5, 5.41) is 0.709. The molecule has 118 valence electrons. The number of hydrogen-bond donors (Lipinski definition) is 0. The summed E-state index contributed by atoms with van der Waals surface area (Å²) in [6, 6.07) is 10.7. The summed E-state index contributed by atoms with van der Waals surface area (Å²) in [5.41, 5.74) is 0.122. The van der Waals surface area contributed by atoms with Crippen LogP contribution in [-0.4, -0.2) is 14.2 Å². The topological polar surface area (TPSA) is 48.7 Å². The molecule has 3 aromatic rings. The van der Waals surface area contributed by atoms with Gasteiger partial charge in [-0.3, -0.25) is 4.79 Å². The molecule has 0 saturated heterocycles. The third-order valence-electron chi connectivity index (χ3n) is 3.22. The van der Waals surface area contributed by atoms with E-state index in [1.54, 1.807) is 24.3 Å². The van der Waals surface area contributed by atoms with Crippen LogP contribution in [0.1, 0.15) is 0 Å². The molecule has 4 nitrogen and oxygen atoms in total. The van der Waals surface area contributed by atoms with E-state index in [0.29, 0.717) is 32.5 Å². The summed E-state index contributed by atoms with van der Waals surface area (Å²) in [6.07, 6.45) is 0. The molecule has 0 amide bonds. The Morgan fingerprint density at radius 3 is 2.61 bits per heavy atom. The molecule has 0 saturated carbocycles. The minimum atomic E-state index is -0.346. The Morgan fingerprint density at radius 1 is 1.09 bits per heavy atom. The van der Waals surface area contributed by atoms with Gasteiger partial charge in [0.1, 0.15) is 28.3 Å². The maximum atomic E-state index is 13.3. The van der Waals surface area contributed by atoms with Gasteiger partial charge in [0, 0.05) is 23.1 Å². The van der Waals surface area contributed by atoms with E-state index in [1.165, 1.54) is 44.2 Å². The Balaban J connectivity index is 2.11. The van der Waals surface area contributed by atoms with Gasteiger partial charge in [-0.2, -0.15) is 0 Å². The second kappa shape index (κ2) is 6.34. The number of halogens is 1. The lowest BCUT2D eigenvalue weighted by molar-refractivity contribution is 0.394. The van der Waals surface area contributed by atoms with Gasteiger partial charge < -0.3 is 13.9 Å². The summed E-state index contributed by atoms with van der Waals surface area (Å²) in [6.45, 7) is 0. The van der Waals surface area contributed by atoms with Gasteiger partial charge in [0.25, 0.3) is 0 Å². The van der Waals surface area contributed by atoms with Crippen molar-refractivity contribution < 1.29 is 18.3 Å². The van der Waals surface area contributed by atoms with Gasteiger partial charge >= 0.3 is 0 Å². The van der Waals surface area contributed by atoms with Crippen LogP contribution in [0, 0.1) is 5.82 Å². The summed E-state index contributed by atoms with van der Waals surface area (Å²) in [4.78, 5) is 13.0. The van der Waals surface area contributed by atoms with Gasteiger partial charge in [-0.05, 0) is 18.2 Å². The monoisotopic (exact) mass is 332 g/mol. The third-order valence-corrected chi connectivity index (χ3v) is 4.11. The molecule has 0 aliphatic rings. The van der Waals surface area contributed by atoms with Gasteiger partial charge in [0.05, 0.1) is 14.2 Å². The minimum Gasteiger partial charge on any atom is -0.496 e. The fourth-order valence-corrected chi connectivity index (χ4v) is 3.03. The molecule has 3 rings (SSSR count). The average Bonchev–Trinajstić information content (AvgIpc) is 2.53. The molecule has 0 spiro atoms. The van der Waals surface area contributed by atoms with Crippen molar-refractivity contribution in [3.05, 3.63) is 58.5 Å². The van der Waals surface area contributed by atoms with Crippen molar-refractivity contribution in [1.82, 2.24) is 0 Å². The average molecular weight is 332 g/mol. The van der Waals surface area contributed by atoms with Crippen LogP contribution < -0.4 is 14.9 Å². The van der Waals surface area contributed by atoms with Crippen molar-refractivity contribution in [3.63, 3.8) is 0 Å². The van der Waals surface area contributed by atoms with Crippen molar-refractivity contribution in [2.45, 2.75) is 9.99 Å². The molecule has 0 radical (unpaired) electrons. The van der Waals surface area contributed by atoms with Crippen molar-refractivity contribution in [3.8, 4) is 11.5 Å². The summed E-state index contributed by atoms with van der Waals surface area (Å²) < 4.78 is 29.4. The Morgan fingerprint density at radius 2 is 1.91 bits per heavy atom. The van der Waals surface area contributed by atoms with E-state index in [1.807, 2.05) is 0 Å². The number of hydrogen-bond acceptors (Lipinski definition) is 5. The molecule has 0 unspecified atom stereocenters. The summed E-state index contributed by atoms with van der Waals surface area (Å²) >= 11 is 1.17. The lowest BCUT2D eigenvalue weighted by atomic mass is 10.2. The Hall–Kier alpha value is -2.47. The highest BCUT2D eigenvalue weighted by Crippen LogP contribution is 2.33. The molecule has 0 N–H and O–H groups in total. The Labute approximate surface area is 135 Å². The fourth-order valence-electron chi connectivity index (χ4n) is 2.18. The first kappa shape index (κ1) is 15.4. The fraction of sp³-hybridized carbons (Fsp3) is 0.118. The van der Waals surface area contributed by atoms with Crippen LogP contribution in [0.2, 0.25) is 0 Å². The van der Waals surface area contributed by atoms with E-state index in [9.17, 15) is 9.18 Å². The number of ether oxygens (including phenoxy) is 2. The third kappa shape index (κ3) is 3.17. The second-order valence-corrected chi connectivity index (χ2v) is 5.77. The number of benzene rings is 2. The normalized spacial score (nSPS) is 10.7. The highest BCUT2D eigenvalue weighted by Gasteiger charge is 2.13. The summed E-state index contributed by atoms with van der Waals surface area (Å²) in [7, 11) is 2.99. The maximum absolute atomic E-state index is 13.3. The van der Waals surface area contributed by atoms with E-state index < -0.39 is 0 Å².